The highest BCUT2D eigenvalue weighted by Gasteiger charge is 2.33. The molecule has 0 unspecified atom stereocenters. The molecule has 8 nitrogen and oxygen atoms in total. The minimum absolute atomic E-state index is 0.0702. The summed E-state index contributed by atoms with van der Waals surface area (Å²) in [4.78, 5) is 39.1. The second-order valence-corrected chi connectivity index (χ2v) is 7.74. The van der Waals surface area contributed by atoms with Crippen LogP contribution in [0.1, 0.15) is 32.1 Å². The molecule has 0 aromatic heterocycles. The van der Waals surface area contributed by atoms with Gasteiger partial charge in [-0.2, -0.15) is 0 Å². The Morgan fingerprint density at radius 1 is 1.42 bits per heavy atom. The summed E-state index contributed by atoms with van der Waals surface area (Å²) in [7, 11) is 0. The Hall–Kier alpha value is -2.13. The van der Waals surface area contributed by atoms with Crippen LogP contribution in [-0.4, -0.2) is 33.2 Å². The summed E-state index contributed by atoms with van der Waals surface area (Å²) < 4.78 is 0. The third-order valence-electron chi connectivity index (χ3n) is 4.21. The molecule has 1 atom stereocenters. The molecule has 2 amide bonds. The largest absolute Gasteiger partial charge is 0.325 e. The van der Waals surface area contributed by atoms with Crippen LogP contribution in [0, 0.1) is 10.1 Å². The third kappa shape index (κ3) is 4.53. The fourth-order valence-corrected chi connectivity index (χ4v) is 4.10. The molecule has 2 aliphatic rings. The molecule has 1 aliphatic heterocycles. The summed E-state index contributed by atoms with van der Waals surface area (Å²) in [6.07, 6.45) is 4.28. The topological polar surface area (TPSA) is 114 Å². The van der Waals surface area contributed by atoms with Crippen LogP contribution in [0.4, 0.5) is 11.4 Å². The first kappa shape index (κ1) is 18.7. The molecule has 1 heterocycles. The van der Waals surface area contributed by atoms with Gasteiger partial charge in [0.15, 0.2) is 5.17 Å². The monoisotopic (exact) mass is 396 g/mol. The van der Waals surface area contributed by atoms with Crippen molar-refractivity contribution >= 4 is 51.7 Å². The van der Waals surface area contributed by atoms with E-state index in [1.165, 1.54) is 30.0 Å². The van der Waals surface area contributed by atoms with Crippen molar-refractivity contribution in [2.75, 3.05) is 5.32 Å². The highest BCUT2D eigenvalue weighted by Crippen LogP contribution is 2.29. The van der Waals surface area contributed by atoms with Crippen LogP contribution in [0.15, 0.2) is 23.2 Å². The highest BCUT2D eigenvalue weighted by molar-refractivity contribution is 8.15. The number of nitrogens with one attached hydrogen (secondary N) is 2. The Labute approximate surface area is 158 Å². The first-order valence-corrected chi connectivity index (χ1v) is 9.47. The van der Waals surface area contributed by atoms with Gasteiger partial charge in [0, 0.05) is 18.6 Å². The standard InChI is InChI=1S/C16H17ClN4O4S/c17-11-6-5-10(21(24)25)7-12(11)19-14(22)8-13-15(23)20-16(26-13)18-9-3-1-2-4-9/h5-7,9,13H,1-4,8H2,(H,19,22)(H,18,20,23)/t13-/m1/s1. The number of rotatable bonds is 5. The smallest absolute Gasteiger partial charge is 0.271 e. The van der Waals surface area contributed by atoms with Crippen LogP contribution < -0.4 is 10.6 Å². The minimum atomic E-state index is -0.576. The van der Waals surface area contributed by atoms with Crippen molar-refractivity contribution in [3.8, 4) is 0 Å². The molecule has 10 heteroatoms. The summed E-state index contributed by atoms with van der Waals surface area (Å²) in [5.41, 5.74) is -0.0298. The number of benzene rings is 1. The van der Waals surface area contributed by atoms with Crippen molar-refractivity contribution in [1.82, 2.24) is 5.32 Å². The lowest BCUT2D eigenvalue weighted by Crippen LogP contribution is -2.28. The van der Waals surface area contributed by atoms with Crippen molar-refractivity contribution in [1.29, 1.82) is 0 Å². The Bertz CT molecular complexity index is 780. The van der Waals surface area contributed by atoms with E-state index in [1.807, 2.05) is 0 Å². The zero-order valence-corrected chi connectivity index (χ0v) is 15.3. The molecule has 1 aliphatic carbocycles. The van der Waals surface area contributed by atoms with Gasteiger partial charge in [0.2, 0.25) is 11.8 Å². The number of nitro groups is 1. The number of thioether (sulfide) groups is 1. The Morgan fingerprint density at radius 3 is 2.85 bits per heavy atom. The number of nitrogens with zero attached hydrogens (tertiary/aromatic N) is 2. The molecule has 26 heavy (non-hydrogen) atoms. The SMILES string of the molecule is O=C(C[C@H]1SC(=NC2CCCC2)NC1=O)Nc1cc([N+](=O)[O-])ccc1Cl. The molecular formula is C16H17ClN4O4S. The van der Waals surface area contributed by atoms with E-state index in [9.17, 15) is 19.7 Å². The van der Waals surface area contributed by atoms with Crippen molar-refractivity contribution in [3.63, 3.8) is 0 Å². The van der Waals surface area contributed by atoms with Crippen molar-refractivity contribution in [2.45, 2.75) is 43.4 Å². The number of carbonyl (C=O) groups excluding carboxylic acids is 2. The van der Waals surface area contributed by atoms with Gasteiger partial charge >= 0.3 is 0 Å². The third-order valence-corrected chi connectivity index (χ3v) is 5.63. The van der Waals surface area contributed by atoms with E-state index >= 15 is 0 Å². The number of halogens is 1. The van der Waals surface area contributed by atoms with E-state index in [2.05, 4.69) is 15.6 Å². The van der Waals surface area contributed by atoms with Crippen LogP contribution in [0.3, 0.4) is 0 Å². The Morgan fingerprint density at radius 2 is 2.15 bits per heavy atom. The molecule has 2 N–H and O–H groups in total. The van der Waals surface area contributed by atoms with Crippen molar-refractivity contribution in [2.24, 2.45) is 4.99 Å². The number of non-ortho nitro benzene ring substituents is 1. The second-order valence-electron chi connectivity index (χ2n) is 6.14. The minimum Gasteiger partial charge on any atom is -0.325 e. The maximum absolute atomic E-state index is 12.2. The molecule has 0 radical (unpaired) electrons. The molecule has 0 spiro atoms. The first-order chi connectivity index (χ1) is 12.4. The molecule has 1 saturated carbocycles. The average molecular weight is 397 g/mol. The highest BCUT2D eigenvalue weighted by atomic mass is 35.5. The maximum atomic E-state index is 12.2. The summed E-state index contributed by atoms with van der Waals surface area (Å²) in [5.74, 6) is -0.700. The van der Waals surface area contributed by atoms with Gasteiger partial charge < -0.3 is 10.6 Å². The lowest BCUT2D eigenvalue weighted by atomic mass is 10.2. The van der Waals surface area contributed by atoms with Gasteiger partial charge in [0.25, 0.3) is 5.69 Å². The van der Waals surface area contributed by atoms with Crippen LogP contribution >= 0.6 is 23.4 Å². The van der Waals surface area contributed by atoms with E-state index in [-0.39, 0.29) is 34.8 Å². The molecule has 3 rings (SSSR count). The van der Waals surface area contributed by atoms with Crippen LogP contribution in [-0.2, 0) is 9.59 Å². The van der Waals surface area contributed by atoms with Crippen molar-refractivity contribution < 1.29 is 14.5 Å². The normalized spacial score (nSPS) is 21.8. The van der Waals surface area contributed by atoms with Gasteiger partial charge in [-0.25, -0.2) is 0 Å². The van der Waals surface area contributed by atoms with Crippen LogP contribution in [0.2, 0.25) is 5.02 Å². The fraction of sp³-hybridized carbons (Fsp3) is 0.438. The fourth-order valence-electron chi connectivity index (χ4n) is 2.89. The van der Waals surface area contributed by atoms with Gasteiger partial charge in [0.05, 0.1) is 21.7 Å². The average Bonchev–Trinajstić information content (AvgIpc) is 3.20. The zero-order valence-electron chi connectivity index (χ0n) is 13.7. The molecule has 0 bridgehead atoms. The van der Waals surface area contributed by atoms with E-state index < -0.39 is 16.1 Å². The summed E-state index contributed by atoms with van der Waals surface area (Å²) in [6.45, 7) is 0. The predicted molar refractivity (Wildman–Crippen MR) is 101 cm³/mol. The summed E-state index contributed by atoms with van der Waals surface area (Å²) in [6, 6.07) is 4.03. The molecule has 138 valence electrons. The number of amidine groups is 1. The number of amides is 2. The van der Waals surface area contributed by atoms with E-state index in [1.54, 1.807) is 0 Å². The number of aliphatic imine (C=N–C) groups is 1. The maximum Gasteiger partial charge on any atom is 0.271 e. The number of hydrogen-bond donors (Lipinski definition) is 2. The molecule has 1 aromatic carbocycles. The van der Waals surface area contributed by atoms with Gasteiger partial charge in [-0.05, 0) is 18.9 Å². The Kier molecular flexibility index (Phi) is 5.77. The predicted octanol–water partition coefficient (Wildman–Crippen LogP) is 3.11. The number of hydrogen-bond acceptors (Lipinski definition) is 6. The van der Waals surface area contributed by atoms with Crippen molar-refractivity contribution in [3.05, 3.63) is 33.3 Å². The quantitative estimate of drug-likeness (QED) is 0.586. The second kappa shape index (κ2) is 8.05. The van der Waals surface area contributed by atoms with E-state index in [4.69, 9.17) is 11.6 Å². The van der Waals surface area contributed by atoms with Gasteiger partial charge in [-0.3, -0.25) is 24.7 Å². The van der Waals surface area contributed by atoms with Gasteiger partial charge in [-0.1, -0.05) is 36.2 Å². The molecule has 2 fully saturated rings. The first-order valence-electron chi connectivity index (χ1n) is 8.21. The molecule has 1 saturated heterocycles. The van der Waals surface area contributed by atoms with Crippen LogP contribution in [0.5, 0.6) is 0 Å². The lowest BCUT2D eigenvalue weighted by Gasteiger charge is -2.09. The molecular weight excluding hydrogens is 380 g/mol. The zero-order chi connectivity index (χ0) is 18.7. The van der Waals surface area contributed by atoms with Gasteiger partial charge in [0.1, 0.15) is 5.25 Å². The number of nitro benzene ring substituents is 1. The number of carbonyl (C=O) groups is 2. The summed E-state index contributed by atoms with van der Waals surface area (Å²) in [5, 5.41) is 16.3. The van der Waals surface area contributed by atoms with Gasteiger partial charge in [-0.15, -0.1) is 0 Å². The Balaban J connectivity index is 1.60. The number of anilines is 1. The van der Waals surface area contributed by atoms with E-state index in [0.29, 0.717) is 5.17 Å². The summed E-state index contributed by atoms with van der Waals surface area (Å²) >= 11 is 7.21. The molecule has 1 aromatic rings. The van der Waals surface area contributed by atoms with Crippen LogP contribution in [0.25, 0.3) is 0 Å². The van der Waals surface area contributed by atoms with E-state index in [0.717, 1.165) is 25.7 Å². The lowest BCUT2D eigenvalue weighted by molar-refractivity contribution is -0.384.